The lowest BCUT2D eigenvalue weighted by atomic mass is 10.3. The summed E-state index contributed by atoms with van der Waals surface area (Å²) in [4.78, 5) is 4.14. The van der Waals surface area contributed by atoms with Crippen LogP contribution in [0.5, 0.6) is 5.75 Å². The standard InChI is InChI=1S/C11H10BrNO2/c1-8-6-15-11(13-8)7-14-10-4-2-9(12)3-5-10/h2-6H,7H2,1H3. The van der Waals surface area contributed by atoms with Crippen LogP contribution in [0.1, 0.15) is 11.6 Å². The van der Waals surface area contributed by atoms with E-state index in [0.29, 0.717) is 12.5 Å². The van der Waals surface area contributed by atoms with Crippen molar-refractivity contribution in [1.29, 1.82) is 0 Å². The van der Waals surface area contributed by atoms with Gasteiger partial charge in [0.1, 0.15) is 12.0 Å². The second-order valence-electron chi connectivity index (χ2n) is 3.13. The number of rotatable bonds is 3. The second kappa shape index (κ2) is 4.49. The highest BCUT2D eigenvalue weighted by molar-refractivity contribution is 9.10. The van der Waals surface area contributed by atoms with E-state index in [2.05, 4.69) is 20.9 Å². The van der Waals surface area contributed by atoms with Crippen molar-refractivity contribution in [2.24, 2.45) is 0 Å². The van der Waals surface area contributed by atoms with E-state index < -0.39 is 0 Å². The lowest BCUT2D eigenvalue weighted by molar-refractivity contribution is 0.263. The molecule has 15 heavy (non-hydrogen) atoms. The molecule has 0 radical (unpaired) electrons. The second-order valence-corrected chi connectivity index (χ2v) is 4.04. The number of ether oxygens (including phenoxy) is 1. The quantitative estimate of drug-likeness (QED) is 0.856. The molecule has 0 fully saturated rings. The number of halogens is 1. The Hall–Kier alpha value is -1.29. The summed E-state index contributed by atoms with van der Waals surface area (Å²) >= 11 is 3.36. The van der Waals surface area contributed by atoms with E-state index in [1.54, 1.807) is 6.26 Å². The minimum absolute atomic E-state index is 0.357. The third-order valence-corrected chi connectivity index (χ3v) is 2.37. The van der Waals surface area contributed by atoms with Crippen LogP contribution in [-0.2, 0) is 6.61 Å². The first-order valence-corrected chi connectivity index (χ1v) is 5.33. The number of aromatic nitrogens is 1. The molecule has 1 aromatic heterocycles. The van der Waals surface area contributed by atoms with Gasteiger partial charge in [-0.2, -0.15) is 0 Å². The number of benzene rings is 1. The molecular weight excluding hydrogens is 258 g/mol. The highest BCUT2D eigenvalue weighted by Gasteiger charge is 2.01. The van der Waals surface area contributed by atoms with Crippen molar-refractivity contribution in [3.8, 4) is 5.75 Å². The van der Waals surface area contributed by atoms with Crippen molar-refractivity contribution in [3.63, 3.8) is 0 Å². The first kappa shape index (κ1) is 10.2. The van der Waals surface area contributed by atoms with Crippen LogP contribution in [0.3, 0.4) is 0 Å². The predicted molar refractivity (Wildman–Crippen MR) is 59.7 cm³/mol. The fourth-order valence-corrected chi connectivity index (χ4v) is 1.41. The zero-order valence-corrected chi connectivity index (χ0v) is 9.82. The van der Waals surface area contributed by atoms with Gasteiger partial charge in [0.15, 0.2) is 6.61 Å². The van der Waals surface area contributed by atoms with Crippen LogP contribution in [0.4, 0.5) is 0 Å². The summed E-state index contributed by atoms with van der Waals surface area (Å²) < 4.78 is 11.7. The molecule has 4 heteroatoms. The molecule has 0 unspecified atom stereocenters. The van der Waals surface area contributed by atoms with Crippen LogP contribution in [0, 0.1) is 6.92 Å². The van der Waals surface area contributed by atoms with Crippen molar-refractivity contribution in [2.45, 2.75) is 13.5 Å². The van der Waals surface area contributed by atoms with E-state index in [1.807, 2.05) is 31.2 Å². The number of hydrogen-bond acceptors (Lipinski definition) is 3. The third kappa shape index (κ3) is 2.83. The van der Waals surface area contributed by atoms with Gasteiger partial charge in [-0.05, 0) is 31.2 Å². The van der Waals surface area contributed by atoms with Gasteiger partial charge in [0, 0.05) is 4.47 Å². The normalized spacial score (nSPS) is 10.3. The summed E-state index contributed by atoms with van der Waals surface area (Å²) in [5, 5.41) is 0. The highest BCUT2D eigenvalue weighted by Crippen LogP contribution is 2.17. The average Bonchev–Trinajstić information content (AvgIpc) is 2.64. The highest BCUT2D eigenvalue weighted by atomic mass is 79.9. The number of oxazole rings is 1. The molecule has 2 rings (SSSR count). The molecule has 2 aromatic rings. The minimum atomic E-state index is 0.357. The van der Waals surface area contributed by atoms with Crippen molar-refractivity contribution >= 4 is 15.9 Å². The van der Waals surface area contributed by atoms with Crippen LogP contribution in [0.2, 0.25) is 0 Å². The molecule has 0 amide bonds. The smallest absolute Gasteiger partial charge is 0.232 e. The topological polar surface area (TPSA) is 35.3 Å². The molecule has 0 atom stereocenters. The average molecular weight is 268 g/mol. The van der Waals surface area contributed by atoms with Crippen molar-refractivity contribution in [2.75, 3.05) is 0 Å². The van der Waals surface area contributed by atoms with E-state index in [1.165, 1.54) is 0 Å². The number of hydrogen-bond donors (Lipinski definition) is 0. The van der Waals surface area contributed by atoms with E-state index in [4.69, 9.17) is 9.15 Å². The Bertz CT molecular complexity index is 436. The maximum absolute atomic E-state index is 5.48. The van der Waals surface area contributed by atoms with Gasteiger partial charge in [-0.1, -0.05) is 15.9 Å². The summed E-state index contributed by atoms with van der Waals surface area (Å²) in [6.07, 6.45) is 1.61. The van der Waals surface area contributed by atoms with Gasteiger partial charge in [-0.3, -0.25) is 0 Å². The van der Waals surface area contributed by atoms with Crippen LogP contribution in [0.25, 0.3) is 0 Å². The van der Waals surface area contributed by atoms with E-state index in [9.17, 15) is 0 Å². The summed E-state index contributed by atoms with van der Waals surface area (Å²) in [7, 11) is 0. The zero-order valence-electron chi connectivity index (χ0n) is 8.24. The Kier molecular flexibility index (Phi) is 3.06. The molecule has 1 heterocycles. The number of nitrogens with zero attached hydrogens (tertiary/aromatic N) is 1. The van der Waals surface area contributed by atoms with Gasteiger partial charge in [-0.15, -0.1) is 0 Å². The molecule has 78 valence electrons. The Morgan fingerprint density at radius 1 is 1.33 bits per heavy atom. The van der Waals surface area contributed by atoms with E-state index >= 15 is 0 Å². The summed E-state index contributed by atoms with van der Waals surface area (Å²) in [6.45, 7) is 2.24. The van der Waals surface area contributed by atoms with Crippen molar-refractivity contribution < 1.29 is 9.15 Å². The summed E-state index contributed by atoms with van der Waals surface area (Å²) in [5.74, 6) is 1.39. The van der Waals surface area contributed by atoms with Gasteiger partial charge >= 0.3 is 0 Å². The first-order valence-electron chi connectivity index (χ1n) is 4.53. The number of aryl methyl sites for hydroxylation is 1. The Morgan fingerprint density at radius 3 is 2.67 bits per heavy atom. The minimum Gasteiger partial charge on any atom is -0.484 e. The molecule has 0 saturated carbocycles. The fourth-order valence-electron chi connectivity index (χ4n) is 1.14. The van der Waals surface area contributed by atoms with Crippen LogP contribution < -0.4 is 4.74 Å². The third-order valence-electron chi connectivity index (χ3n) is 1.84. The molecule has 0 bridgehead atoms. The zero-order chi connectivity index (χ0) is 10.7. The lowest BCUT2D eigenvalue weighted by Crippen LogP contribution is -1.95. The van der Waals surface area contributed by atoms with Gasteiger partial charge < -0.3 is 9.15 Å². The lowest BCUT2D eigenvalue weighted by Gasteiger charge is -2.02. The van der Waals surface area contributed by atoms with Crippen LogP contribution >= 0.6 is 15.9 Å². The largest absolute Gasteiger partial charge is 0.484 e. The maximum Gasteiger partial charge on any atom is 0.232 e. The van der Waals surface area contributed by atoms with E-state index in [-0.39, 0.29) is 0 Å². The monoisotopic (exact) mass is 267 g/mol. The Labute approximate surface area is 96.2 Å². The van der Waals surface area contributed by atoms with Gasteiger partial charge in [0.25, 0.3) is 0 Å². The molecule has 0 N–H and O–H groups in total. The van der Waals surface area contributed by atoms with Gasteiger partial charge in [-0.25, -0.2) is 4.98 Å². The molecule has 3 nitrogen and oxygen atoms in total. The van der Waals surface area contributed by atoms with Crippen LogP contribution in [0.15, 0.2) is 39.4 Å². The fraction of sp³-hybridized carbons (Fsp3) is 0.182. The van der Waals surface area contributed by atoms with Gasteiger partial charge in [0.05, 0.1) is 5.69 Å². The SMILES string of the molecule is Cc1coc(COc2ccc(Br)cc2)n1. The van der Waals surface area contributed by atoms with E-state index in [0.717, 1.165) is 15.9 Å². The Morgan fingerprint density at radius 2 is 2.07 bits per heavy atom. The summed E-state index contributed by atoms with van der Waals surface area (Å²) in [5.41, 5.74) is 0.865. The van der Waals surface area contributed by atoms with Gasteiger partial charge in [0.2, 0.25) is 5.89 Å². The maximum atomic E-state index is 5.48. The Balaban J connectivity index is 1.96. The molecule has 0 aliphatic carbocycles. The molecule has 0 aliphatic heterocycles. The molecule has 0 saturated heterocycles. The predicted octanol–water partition coefficient (Wildman–Crippen LogP) is 3.32. The molecule has 0 aliphatic rings. The molecule has 1 aromatic carbocycles. The van der Waals surface area contributed by atoms with Crippen LogP contribution in [-0.4, -0.2) is 4.98 Å². The summed E-state index contributed by atoms with van der Waals surface area (Å²) in [6, 6.07) is 7.63. The first-order chi connectivity index (χ1) is 7.24. The van der Waals surface area contributed by atoms with Crippen molar-refractivity contribution in [3.05, 3.63) is 46.6 Å². The molecule has 0 spiro atoms. The van der Waals surface area contributed by atoms with Crippen molar-refractivity contribution in [1.82, 2.24) is 4.98 Å². The molecular formula is C11H10BrNO2.